The smallest absolute Gasteiger partial charge is 0.262 e. The number of hydrogen-bond acceptors (Lipinski definition) is 4. The lowest BCUT2D eigenvalue weighted by Crippen LogP contribution is -2.51. The third kappa shape index (κ3) is 3.28. The van der Waals surface area contributed by atoms with Crippen LogP contribution < -0.4 is 4.90 Å². The molecule has 1 saturated heterocycles. The number of imide groups is 1. The molecule has 27 heavy (non-hydrogen) atoms. The van der Waals surface area contributed by atoms with Gasteiger partial charge in [-0.1, -0.05) is 29.8 Å². The summed E-state index contributed by atoms with van der Waals surface area (Å²) >= 11 is 5.91. The highest BCUT2D eigenvalue weighted by atomic mass is 35.5. The largest absolute Gasteiger partial charge is 0.368 e. The highest BCUT2D eigenvalue weighted by molar-refractivity contribution is 6.32. The zero-order chi connectivity index (χ0) is 19.0. The van der Waals surface area contributed by atoms with Gasteiger partial charge in [0, 0.05) is 36.9 Å². The molecule has 3 amide bonds. The van der Waals surface area contributed by atoms with E-state index in [1.807, 2.05) is 30.3 Å². The molecule has 1 fully saturated rings. The molecule has 7 heteroatoms. The molecule has 2 aliphatic rings. The lowest BCUT2D eigenvalue weighted by atomic mass is 10.1. The Balaban J connectivity index is 1.39. The van der Waals surface area contributed by atoms with Crippen LogP contribution in [0.3, 0.4) is 0 Å². The molecule has 0 atom stereocenters. The molecule has 0 radical (unpaired) electrons. The van der Waals surface area contributed by atoms with Gasteiger partial charge in [0.25, 0.3) is 11.8 Å². The van der Waals surface area contributed by atoms with Gasteiger partial charge in [-0.15, -0.1) is 0 Å². The number of amides is 3. The molecule has 0 aliphatic carbocycles. The first-order chi connectivity index (χ1) is 13.0. The van der Waals surface area contributed by atoms with E-state index in [9.17, 15) is 14.4 Å². The van der Waals surface area contributed by atoms with Gasteiger partial charge in [0.1, 0.15) is 6.54 Å². The molecule has 138 valence electrons. The Morgan fingerprint density at radius 1 is 0.889 bits per heavy atom. The van der Waals surface area contributed by atoms with Gasteiger partial charge in [-0.3, -0.25) is 19.3 Å². The van der Waals surface area contributed by atoms with Crippen LogP contribution in [0.2, 0.25) is 5.02 Å². The molecule has 0 unspecified atom stereocenters. The Morgan fingerprint density at radius 2 is 1.56 bits per heavy atom. The Bertz CT molecular complexity index is 908. The average Bonchev–Trinajstić information content (AvgIpc) is 2.93. The second kappa shape index (κ2) is 7.04. The number of nitrogens with zero attached hydrogens (tertiary/aromatic N) is 3. The quantitative estimate of drug-likeness (QED) is 0.763. The van der Waals surface area contributed by atoms with Crippen LogP contribution in [0.25, 0.3) is 0 Å². The predicted molar refractivity (Wildman–Crippen MR) is 102 cm³/mol. The van der Waals surface area contributed by atoms with E-state index in [0.717, 1.165) is 10.6 Å². The van der Waals surface area contributed by atoms with Crippen LogP contribution in [-0.2, 0) is 4.79 Å². The van der Waals surface area contributed by atoms with E-state index >= 15 is 0 Å². The zero-order valence-electron chi connectivity index (χ0n) is 14.6. The Labute approximate surface area is 161 Å². The maximum atomic E-state index is 12.6. The van der Waals surface area contributed by atoms with Crippen molar-refractivity contribution in [3.05, 3.63) is 64.7 Å². The summed E-state index contributed by atoms with van der Waals surface area (Å²) < 4.78 is 0. The van der Waals surface area contributed by atoms with E-state index in [0.29, 0.717) is 36.8 Å². The SMILES string of the molecule is O=C(CN1C(=O)c2ccc(Cl)cc2C1=O)N1CCN(c2ccccc2)CC1. The third-order valence-corrected chi connectivity index (χ3v) is 5.21. The topological polar surface area (TPSA) is 60.9 Å². The van der Waals surface area contributed by atoms with Gasteiger partial charge < -0.3 is 9.80 Å². The van der Waals surface area contributed by atoms with Crippen LogP contribution in [0.15, 0.2) is 48.5 Å². The molecule has 0 aromatic heterocycles. The summed E-state index contributed by atoms with van der Waals surface area (Å²) in [4.78, 5) is 42.5. The number of anilines is 1. The Kier molecular flexibility index (Phi) is 4.58. The molecule has 0 N–H and O–H groups in total. The number of hydrogen-bond donors (Lipinski definition) is 0. The number of piperazine rings is 1. The summed E-state index contributed by atoms with van der Waals surface area (Å²) in [6.45, 7) is 2.31. The van der Waals surface area contributed by atoms with E-state index in [1.165, 1.54) is 12.1 Å². The first-order valence-electron chi connectivity index (χ1n) is 8.78. The fourth-order valence-electron chi connectivity index (χ4n) is 3.49. The number of halogens is 1. The minimum Gasteiger partial charge on any atom is -0.368 e. The number of fused-ring (bicyclic) bond motifs is 1. The zero-order valence-corrected chi connectivity index (χ0v) is 15.4. The minimum atomic E-state index is -0.464. The van der Waals surface area contributed by atoms with E-state index in [2.05, 4.69) is 4.90 Å². The van der Waals surface area contributed by atoms with Gasteiger partial charge in [-0.2, -0.15) is 0 Å². The fraction of sp³-hybridized carbons (Fsp3) is 0.250. The van der Waals surface area contributed by atoms with Gasteiger partial charge >= 0.3 is 0 Å². The van der Waals surface area contributed by atoms with E-state index in [1.54, 1.807) is 11.0 Å². The van der Waals surface area contributed by atoms with Crippen molar-refractivity contribution in [2.75, 3.05) is 37.6 Å². The van der Waals surface area contributed by atoms with Crippen LogP contribution in [0, 0.1) is 0 Å². The average molecular weight is 384 g/mol. The van der Waals surface area contributed by atoms with Crippen LogP contribution >= 0.6 is 11.6 Å². The fourth-order valence-corrected chi connectivity index (χ4v) is 3.67. The lowest BCUT2D eigenvalue weighted by Gasteiger charge is -2.36. The monoisotopic (exact) mass is 383 g/mol. The summed E-state index contributed by atoms with van der Waals surface area (Å²) in [6, 6.07) is 14.6. The molecular weight excluding hydrogens is 366 g/mol. The number of rotatable bonds is 3. The van der Waals surface area contributed by atoms with Gasteiger partial charge in [-0.25, -0.2) is 0 Å². The summed E-state index contributed by atoms with van der Waals surface area (Å²) in [5, 5.41) is 0.389. The molecule has 0 saturated carbocycles. The third-order valence-electron chi connectivity index (χ3n) is 4.98. The van der Waals surface area contributed by atoms with Crippen molar-refractivity contribution in [3.8, 4) is 0 Å². The molecule has 2 heterocycles. The van der Waals surface area contributed by atoms with Crippen molar-refractivity contribution in [2.24, 2.45) is 0 Å². The summed E-state index contributed by atoms with van der Waals surface area (Å²) in [5.74, 6) is -1.12. The van der Waals surface area contributed by atoms with Crippen molar-refractivity contribution >= 4 is 35.0 Å². The van der Waals surface area contributed by atoms with Crippen LogP contribution in [0.4, 0.5) is 5.69 Å². The van der Waals surface area contributed by atoms with E-state index < -0.39 is 11.8 Å². The Hall–Kier alpha value is -2.86. The predicted octanol–water partition coefficient (Wildman–Crippen LogP) is 2.28. The molecule has 2 aliphatic heterocycles. The summed E-state index contributed by atoms with van der Waals surface area (Å²) in [7, 11) is 0. The van der Waals surface area contributed by atoms with E-state index in [4.69, 9.17) is 11.6 Å². The normalized spacial score (nSPS) is 16.7. The molecule has 0 bridgehead atoms. The minimum absolute atomic E-state index is 0.219. The second-order valence-corrected chi connectivity index (χ2v) is 7.03. The Morgan fingerprint density at radius 3 is 2.26 bits per heavy atom. The van der Waals surface area contributed by atoms with Crippen molar-refractivity contribution in [1.29, 1.82) is 0 Å². The van der Waals surface area contributed by atoms with Crippen molar-refractivity contribution < 1.29 is 14.4 Å². The molecule has 4 rings (SSSR count). The molecule has 6 nitrogen and oxygen atoms in total. The van der Waals surface area contributed by atoms with Crippen LogP contribution in [0.5, 0.6) is 0 Å². The highest BCUT2D eigenvalue weighted by Gasteiger charge is 2.37. The number of para-hydroxylation sites is 1. The van der Waals surface area contributed by atoms with Crippen molar-refractivity contribution in [2.45, 2.75) is 0 Å². The molecule has 2 aromatic carbocycles. The van der Waals surface area contributed by atoms with Crippen LogP contribution in [0.1, 0.15) is 20.7 Å². The van der Waals surface area contributed by atoms with Crippen LogP contribution in [-0.4, -0.2) is 60.2 Å². The number of carbonyl (C=O) groups excluding carboxylic acids is 3. The lowest BCUT2D eigenvalue weighted by molar-refractivity contribution is -0.131. The van der Waals surface area contributed by atoms with Gasteiger partial charge in [-0.05, 0) is 30.3 Å². The first-order valence-corrected chi connectivity index (χ1v) is 9.16. The molecular formula is C20H18ClN3O3. The number of carbonyl (C=O) groups is 3. The summed E-state index contributed by atoms with van der Waals surface area (Å²) in [6.07, 6.45) is 0. The van der Waals surface area contributed by atoms with Gasteiger partial charge in [0.2, 0.25) is 5.91 Å². The standard InChI is InChI=1S/C20H18ClN3O3/c21-14-6-7-16-17(12-14)20(27)24(19(16)26)13-18(25)23-10-8-22(9-11-23)15-4-2-1-3-5-15/h1-7,12H,8-11,13H2. The first kappa shape index (κ1) is 17.5. The maximum Gasteiger partial charge on any atom is 0.262 e. The summed E-state index contributed by atoms with van der Waals surface area (Å²) in [5.41, 5.74) is 1.68. The van der Waals surface area contributed by atoms with Crippen molar-refractivity contribution in [1.82, 2.24) is 9.80 Å². The van der Waals surface area contributed by atoms with Gasteiger partial charge in [0.15, 0.2) is 0 Å². The van der Waals surface area contributed by atoms with E-state index in [-0.39, 0.29) is 18.0 Å². The van der Waals surface area contributed by atoms with Crippen molar-refractivity contribution in [3.63, 3.8) is 0 Å². The molecule has 0 spiro atoms. The number of benzene rings is 2. The second-order valence-electron chi connectivity index (χ2n) is 6.59. The maximum absolute atomic E-state index is 12.6. The molecule has 2 aromatic rings. The van der Waals surface area contributed by atoms with Gasteiger partial charge in [0.05, 0.1) is 11.1 Å². The highest BCUT2D eigenvalue weighted by Crippen LogP contribution is 2.26.